The van der Waals surface area contributed by atoms with Gasteiger partial charge in [-0.25, -0.2) is 0 Å². The Kier molecular flexibility index (Phi) is 8.69. The largest absolute Gasteiger partial charge is 0.324 e. The Morgan fingerprint density at radius 1 is 1.56 bits per heavy atom. The predicted molar refractivity (Wildman–Crippen MR) is 85.7 cm³/mol. The molecule has 0 spiro atoms. The summed E-state index contributed by atoms with van der Waals surface area (Å²) < 4.78 is 1.000. The van der Waals surface area contributed by atoms with Gasteiger partial charge in [-0.1, -0.05) is 15.9 Å². The van der Waals surface area contributed by atoms with Crippen LogP contribution in [0.5, 0.6) is 0 Å². The normalized spacial score (nSPS) is 11.6. The molecule has 0 heterocycles. The Morgan fingerprint density at radius 3 is 2.78 bits per heavy atom. The number of amides is 1. The molecule has 0 aromatic heterocycles. The Morgan fingerprint density at radius 2 is 2.22 bits per heavy atom. The fraction of sp³-hybridized carbons (Fsp3) is 0.417. The van der Waals surface area contributed by atoms with E-state index in [4.69, 9.17) is 5.73 Å². The lowest BCUT2D eigenvalue weighted by molar-refractivity contribution is -0.117. The highest BCUT2D eigenvalue weighted by atomic mass is 79.9. The van der Waals surface area contributed by atoms with Crippen molar-refractivity contribution < 1.29 is 4.79 Å². The van der Waals surface area contributed by atoms with E-state index in [1.165, 1.54) is 0 Å². The smallest absolute Gasteiger partial charge is 0.241 e. The van der Waals surface area contributed by atoms with Gasteiger partial charge in [0.2, 0.25) is 5.91 Å². The molecule has 6 heteroatoms. The number of carbonyl (C=O) groups is 1. The van der Waals surface area contributed by atoms with E-state index in [0.717, 1.165) is 21.5 Å². The lowest BCUT2D eigenvalue weighted by Gasteiger charge is -2.13. The molecule has 0 bridgehead atoms. The number of anilines is 1. The molecule has 0 saturated carbocycles. The van der Waals surface area contributed by atoms with Gasteiger partial charge in [0.25, 0.3) is 0 Å². The molecule has 3 N–H and O–H groups in total. The van der Waals surface area contributed by atoms with Crippen LogP contribution >= 0.6 is 40.1 Å². The fourth-order valence-corrected chi connectivity index (χ4v) is 2.33. The van der Waals surface area contributed by atoms with Crippen molar-refractivity contribution >= 4 is 51.7 Å². The number of nitrogens with one attached hydrogen (secondary N) is 1. The van der Waals surface area contributed by atoms with Crippen molar-refractivity contribution in [2.24, 2.45) is 5.73 Å². The number of hydrogen-bond donors (Lipinski definition) is 2. The van der Waals surface area contributed by atoms with Gasteiger partial charge in [-0.3, -0.25) is 4.79 Å². The van der Waals surface area contributed by atoms with E-state index in [0.29, 0.717) is 6.42 Å². The Bertz CT molecular complexity index is 404. The molecular weight excluding hydrogens is 336 g/mol. The summed E-state index contributed by atoms with van der Waals surface area (Å²) in [5.41, 5.74) is 7.63. The maximum absolute atomic E-state index is 11.8. The minimum atomic E-state index is -0.439. The van der Waals surface area contributed by atoms with Gasteiger partial charge in [-0.2, -0.15) is 11.8 Å². The predicted octanol–water partition coefficient (Wildman–Crippen LogP) is 3.20. The van der Waals surface area contributed by atoms with Gasteiger partial charge < -0.3 is 11.1 Å². The standard InChI is InChI=1S/C12H17BrN2OS.ClH/c1-8-7-9(13)3-4-11(8)15-12(16)10(14)5-6-17-2;/h3-4,7,10H,5-6,14H2,1-2H3,(H,15,16);1H. The third-order valence-corrected chi connectivity index (χ3v) is 3.55. The Hall–Kier alpha value is -0.230. The topological polar surface area (TPSA) is 55.1 Å². The highest BCUT2D eigenvalue weighted by Gasteiger charge is 2.13. The summed E-state index contributed by atoms with van der Waals surface area (Å²) in [6.07, 6.45) is 2.70. The number of nitrogens with two attached hydrogens (primary N) is 1. The molecule has 1 amide bonds. The maximum Gasteiger partial charge on any atom is 0.241 e. The van der Waals surface area contributed by atoms with Crippen molar-refractivity contribution in [3.05, 3.63) is 28.2 Å². The second kappa shape index (κ2) is 8.80. The molecule has 18 heavy (non-hydrogen) atoms. The second-order valence-corrected chi connectivity index (χ2v) is 5.74. The first-order valence-electron chi connectivity index (χ1n) is 5.36. The molecule has 0 aliphatic heterocycles. The van der Waals surface area contributed by atoms with Gasteiger partial charge in [0, 0.05) is 10.2 Å². The summed E-state index contributed by atoms with van der Waals surface area (Å²) >= 11 is 5.08. The third-order valence-electron chi connectivity index (χ3n) is 2.42. The zero-order chi connectivity index (χ0) is 12.8. The lowest BCUT2D eigenvalue weighted by Crippen LogP contribution is -2.36. The lowest BCUT2D eigenvalue weighted by atomic mass is 10.1. The first-order chi connectivity index (χ1) is 8.04. The molecule has 102 valence electrons. The minimum absolute atomic E-state index is 0. The summed E-state index contributed by atoms with van der Waals surface area (Å²) in [5.74, 6) is 0.776. The number of aryl methyl sites for hydroxylation is 1. The van der Waals surface area contributed by atoms with Crippen LogP contribution in [0.3, 0.4) is 0 Å². The molecule has 1 rings (SSSR count). The first-order valence-corrected chi connectivity index (χ1v) is 7.55. The molecule has 1 atom stereocenters. The fourth-order valence-electron chi connectivity index (χ4n) is 1.37. The molecule has 0 aliphatic rings. The number of halogens is 2. The van der Waals surface area contributed by atoms with Crippen molar-refractivity contribution in [3.8, 4) is 0 Å². The molecule has 1 unspecified atom stereocenters. The van der Waals surface area contributed by atoms with Crippen LogP contribution < -0.4 is 11.1 Å². The first kappa shape index (κ1) is 17.8. The molecular formula is C12H18BrClN2OS. The minimum Gasteiger partial charge on any atom is -0.324 e. The third kappa shape index (κ3) is 5.61. The van der Waals surface area contributed by atoms with Crippen LogP contribution in [0.15, 0.2) is 22.7 Å². The van der Waals surface area contributed by atoms with Crippen molar-refractivity contribution in [1.29, 1.82) is 0 Å². The van der Waals surface area contributed by atoms with Crippen LogP contribution in [0, 0.1) is 6.92 Å². The second-order valence-electron chi connectivity index (χ2n) is 3.84. The van der Waals surface area contributed by atoms with Crippen molar-refractivity contribution in [2.45, 2.75) is 19.4 Å². The van der Waals surface area contributed by atoms with E-state index in [1.807, 2.05) is 31.4 Å². The van der Waals surface area contributed by atoms with Gasteiger partial charge >= 0.3 is 0 Å². The van der Waals surface area contributed by atoms with E-state index >= 15 is 0 Å². The van der Waals surface area contributed by atoms with Gasteiger partial charge in [0.1, 0.15) is 0 Å². The highest BCUT2D eigenvalue weighted by molar-refractivity contribution is 9.10. The van der Waals surface area contributed by atoms with Crippen LogP contribution in [0.25, 0.3) is 0 Å². The van der Waals surface area contributed by atoms with Gasteiger partial charge in [0.05, 0.1) is 6.04 Å². The van der Waals surface area contributed by atoms with E-state index in [9.17, 15) is 4.79 Å². The molecule has 0 radical (unpaired) electrons. The average molecular weight is 354 g/mol. The summed E-state index contributed by atoms with van der Waals surface area (Å²) in [5, 5.41) is 2.85. The zero-order valence-electron chi connectivity index (χ0n) is 10.4. The van der Waals surface area contributed by atoms with Crippen LogP contribution in [-0.2, 0) is 4.79 Å². The molecule has 0 saturated heterocycles. The van der Waals surface area contributed by atoms with Crippen LogP contribution in [0.2, 0.25) is 0 Å². The number of benzene rings is 1. The monoisotopic (exact) mass is 352 g/mol. The average Bonchev–Trinajstić information content (AvgIpc) is 2.29. The SMILES string of the molecule is CSCCC(N)C(=O)Nc1ccc(Br)cc1C.Cl. The number of carbonyl (C=O) groups excluding carboxylic acids is 1. The molecule has 1 aromatic rings. The number of rotatable bonds is 5. The number of thioether (sulfide) groups is 1. The van der Waals surface area contributed by atoms with Crippen LogP contribution in [0.4, 0.5) is 5.69 Å². The van der Waals surface area contributed by atoms with Gasteiger partial charge in [-0.15, -0.1) is 12.4 Å². The quantitative estimate of drug-likeness (QED) is 0.854. The molecule has 3 nitrogen and oxygen atoms in total. The van der Waals surface area contributed by atoms with Crippen LogP contribution in [0.1, 0.15) is 12.0 Å². The summed E-state index contributed by atoms with van der Waals surface area (Å²) in [4.78, 5) is 11.8. The van der Waals surface area contributed by atoms with E-state index in [2.05, 4.69) is 21.2 Å². The number of hydrogen-bond acceptors (Lipinski definition) is 3. The molecule has 0 fully saturated rings. The maximum atomic E-state index is 11.8. The molecule has 1 aromatic carbocycles. The van der Waals surface area contributed by atoms with Gasteiger partial charge in [0.15, 0.2) is 0 Å². The Labute approximate surface area is 127 Å². The van der Waals surface area contributed by atoms with Gasteiger partial charge in [-0.05, 0) is 49.1 Å². The van der Waals surface area contributed by atoms with E-state index < -0.39 is 6.04 Å². The summed E-state index contributed by atoms with van der Waals surface area (Å²) in [6, 6.07) is 5.29. The Balaban J connectivity index is 0.00000289. The van der Waals surface area contributed by atoms with E-state index in [1.54, 1.807) is 11.8 Å². The summed E-state index contributed by atoms with van der Waals surface area (Å²) in [6.45, 7) is 1.95. The zero-order valence-corrected chi connectivity index (χ0v) is 13.6. The van der Waals surface area contributed by atoms with E-state index in [-0.39, 0.29) is 18.3 Å². The van der Waals surface area contributed by atoms with Crippen molar-refractivity contribution in [1.82, 2.24) is 0 Å². The van der Waals surface area contributed by atoms with Crippen LogP contribution in [-0.4, -0.2) is 24.0 Å². The summed E-state index contributed by atoms with van der Waals surface area (Å²) in [7, 11) is 0. The molecule has 0 aliphatic carbocycles. The van der Waals surface area contributed by atoms with Crippen molar-refractivity contribution in [2.75, 3.05) is 17.3 Å². The highest BCUT2D eigenvalue weighted by Crippen LogP contribution is 2.20. The van der Waals surface area contributed by atoms with Crippen molar-refractivity contribution in [3.63, 3.8) is 0 Å².